The van der Waals surface area contributed by atoms with Crippen LogP contribution in [0.2, 0.25) is 0 Å². The van der Waals surface area contributed by atoms with Crippen molar-refractivity contribution in [3.8, 4) is 0 Å². The van der Waals surface area contributed by atoms with E-state index in [2.05, 4.69) is 48.4 Å². The molecule has 21 heavy (non-hydrogen) atoms. The number of hydrogen-bond acceptors (Lipinski definition) is 3. The summed E-state index contributed by atoms with van der Waals surface area (Å²) >= 11 is 0. The molecule has 3 aromatic rings. The fourth-order valence-corrected chi connectivity index (χ4v) is 2.38. The van der Waals surface area contributed by atoms with Gasteiger partial charge < -0.3 is 9.73 Å². The molecule has 3 nitrogen and oxygen atoms in total. The van der Waals surface area contributed by atoms with Gasteiger partial charge in [0.05, 0.1) is 0 Å². The van der Waals surface area contributed by atoms with Crippen LogP contribution in [-0.2, 0) is 6.54 Å². The second kappa shape index (κ2) is 5.60. The standard InChI is InChI=1S/C18H20N2O/c1-12(2)15-6-4-14(5-7-15)11-19-16-8-9-18-17(10-16)20-13(3)21-18/h4-10,12,19H,11H2,1-3H3. The highest BCUT2D eigenvalue weighted by Crippen LogP contribution is 2.20. The lowest BCUT2D eigenvalue weighted by Crippen LogP contribution is -1.99. The number of rotatable bonds is 4. The largest absolute Gasteiger partial charge is 0.441 e. The fraction of sp³-hybridized carbons (Fsp3) is 0.278. The number of oxazole rings is 1. The zero-order chi connectivity index (χ0) is 14.8. The number of hydrogen-bond donors (Lipinski definition) is 1. The molecule has 1 aromatic heterocycles. The third-order valence-corrected chi connectivity index (χ3v) is 3.64. The maximum Gasteiger partial charge on any atom is 0.192 e. The van der Waals surface area contributed by atoms with Crippen molar-refractivity contribution in [2.75, 3.05) is 5.32 Å². The lowest BCUT2D eigenvalue weighted by atomic mass is 10.0. The zero-order valence-electron chi connectivity index (χ0n) is 12.7. The van der Waals surface area contributed by atoms with E-state index >= 15 is 0 Å². The Labute approximate surface area is 125 Å². The number of nitrogens with one attached hydrogen (secondary N) is 1. The Morgan fingerprint density at radius 3 is 2.57 bits per heavy atom. The van der Waals surface area contributed by atoms with Crippen molar-refractivity contribution in [1.82, 2.24) is 4.98 Å². The number of anilines is 1. The molecule has 0 atom stereocenters. The van der Waals surface area contributed by atoms with Gasteiger partial charge in [0, 0.05) is 19.2 Å². The van der Waals surface area contributed by atoms with Crippen molar-refractivity contribution < 1.29 is 4.42 Å². The van der Waals surface area contributed by atoms with Crippen LogP contribution in [0.5, 0.6) is 0 Å². The van der Waals surface area contributed by atoms with E-state index in [1.54, 1.807) is 0 Å². The van der Waals surface area contributed by atoms with Crippen molar-refractivity contribution in [1.29, 1.82) is 0 Å². The van der Waals surface area contributed by atoms with E-state index in [4.69, 9.17) is 4.42 Å². The Bertz CT molecular complexity index is 742. The highest BCUT2D eigenvalue weighted by Gasteiger charge is 2.03. The van der Waals surface area contributed by atoms with Gasteiger partial charge in [-0.15, -0.1) is 0 Å². The number of nitrogens with zero attached hydrogens (tertiary/aromatic N) is 1. The maximum atomic E-state index is 5.48. The van der Waals surface area contributed by atoms with Crippen LogP contribution in [0.4, 0.5) is 5.69 Å². The molecular formula is C18H20N2O. The molecule has 1 N–H and O–H groups in total. The van der Waals surface area contributed by atoms with Crippen molar-refractivity contribution in [3.05, 3.63) is 59.5 Å². The van der Waals surface area contributed by atoms with Crippen LogP contribution >= 0.6 is 0 Å². The van der Waals surface area contributed by atoms with Crippen LogP contribution in [0.15, 0.2) is 46.9 Å². The Morgan fingerprint density at radius 2 is 1.86 bits per heavy atom. The van der Waals surface area contributed by atoms with Crippen LogP contribution in [0, 0.1) is 6.92 Å². The number of aryl methyl sites for hydroxylation is 1. The molecule has 108 valence electrons. The van der Waals surface area contributed by atoms with E-state index < -0.39 is 0 Å². The lowest BCUT2D eigenvalue weighted by molar-refractivity contribution is 0.561. The van der Waals surface area contributed by atoms with Gasteiger partial charge in [-0.1, -0.05) is 38.1 Å². The third kappa shape index (κ3) is 3.07. The van der Waals surface area contributed by atoms with Gasteiger partial charge in [0.15, 0.2) is 11.5 Å². The first-order chi connectivity index (χ1) is 10.1. The molecule has 0 aliphatic rings. The predicted molar refractivity (Wildman–Crippen MR) is 86.6 cm³/mol. The molecule has 0 spiro atoms. The molecule has 0 amide bonds. The first-order valence-corrected chi connectivity index (χ1v) is 7.32. The van der Waals surface area contributed by atoms with E-state index in [9.17, 15) is 0 Å². The SMILES string of the molecule is Cc1nc2cc(NCc3ccc(C(C)C)cc3)ccc2o1. The number of benzene rings is 2. The Balaban J connectivity index is 1.70. The van der Waals surface area contributed by atoms with Crippen LogP contribution in [0.1, 0.15) is 36.8 Å². The Hall–Kier alpha value is -2.29. The van der Waals surface area contributed by atoms with Gasteiger partial charge in [-0.3, -0.25) is 0 Å². The second-order valence-corrected chi connectivity index (χ2v) is 5.67. The topological polar surface area (TPSA) is 38.1 Å². The van der Waals surface area contributed by atoms with Gasteiger partial charge in [-0.05, 0) is 35.2 Å². The summed E-state index contributed by atoms with van der Waals surface area (Å²) in [5.74, 6) is 1.27. The number of aromatic nitrogens is 1. The van der Waals surface area contributed by atoms with E-state index in [0.29, 0.717) is 11.8 Å². The van der Waals surface area contributed by atoms with Crippen LogP contribution < -0.4 is 5.32 Å². The predicted octanol–water partition coefficient (Wildman–Crippen LogP) is 4.87. The summed E-state index contributed by atoms with van der Waals surface area (Å²) in [7, 11) is 0. The van der Waals surface area contributed by atoms with E-state index in [1.165, 1.54) is 11.1 Å². The monoisotopic (exact) mass is 280 g/mol. The fourth-order valence-electron chi connectivity index (χ4n) is 2.38. The summed E-state index contributed by atoms with van der Waals surface area (Å²) in [6.45, 7) is 7.09. The second-order valence-electron chi connectivity index (χ2n) is 5.67. The van der Waals surface area contributed by atoms with Crippen molar-refractivity contribution >= 4 is 16.8 Å². The third-order valence-electron chi connectivity index (χ3n) is 3.64. The van der Waals surface area contributed by atoms with E-state index in [1.807, 2.05) is 25.1 Å². The molecule has 1 heterocycles. The summed E-state index contributed by atoms with van der Waals surface area (Å²) in [6, 6.07) is 14.8. The van der Waals surface area contributed by atoms with Gasteiger partial charge in [0.1, 0.15) is 5.52 Å². The molecule has 2 aromatic carbocycles. The van der Waals surface area contributed by atoms with Crippen molar-refractivity contribution in [3.63, 3.8) is 0 Å². The molecule has 0 saturated heterocycles. The molecule has 0 fully saturated rings. The van der Waals surface area contributed by atoms with Crippen LogP contribution in [0.25, 0.3) is 11.1 Å². The minimum atomic E-state index is 0.574. The quantitative estimate of drug-likeness (QED) is 0.740. The normalized spacial score (nSPS) is 11.2. The van der Waals surface area contributed by atoms with E-state index in [-0.39, 0.29) is 0 Å². The highest BCUT2D eigenvalue weighted by atomic mass is 16.3. The lowest BCUT2D eigenvalue weighted by Gasteiger charge is -2.09. The van der Waals surface area contributed by atoms with Crippen LogP contribution in [-0.4, -0.2) is 4.98 Å². The summed E-state index contributed by atoms with van der Waals surface area (Å²) in [5.41, 5.74) is 5.44. The molecule has 0 unspecified atom stereocenters. The van der Waals surface area contributed by atoms with Crippen LogP contribution in [0.3, 0.4) is 0 Å². The Morgan fingerprint density at radius 1 is 1.10 bits per heavy atom. The van der Waals surface area contributed by atoms with Gasteiger partial charge >= 0.3 is 0 Å². The average Bonchev–Trinajstić information content (AvgIpc) is 2.84. The molecule has 3 rings (SSSR count). The average molecular weight is 280 g/mol. The summed E-state index contributed by atoms with van der Waals surface area (Å²) in [5, 5.41) is 3.43. The Kier molecular flexibility index (Phi) is 3.65. The molecule has 0 bridgehead atoms. The highest BCUT2D eigenvalue weighted by molar-refractivity contribution is 5.77. The van der Waals surface area contributed by atoms with Gasteiger partial charge in [-0.25, -0.2) is 4.98 Å². The molecule has 0 radical (unpaired) electrons. The maximum absolute atomic E-state index is 5.48. The zero-order valence-corrected chi connectivity index (χ0v) is 12.7. The van der Waals surface area contributed by atoms with Crippen molar-refractivity contribution in [2.45, 2.75) is 33.2 Å². The summed E-state index contributed by atoms with van der Waals surface area (Å²) < 4.78 is 5.48. The van der Waals surface area contributed by atoms with Gasteiger partial charge in [0.25, 0.3) is 0 Å². The smallest absolute Gasteiger partial charge is 0.192 e. The number of fused-ring (bicyclic) bond motifs is 1. The summed E-state index contributed by atoms with van der Waals surface area (Å²) in [4.78, 5) is 4.35. The minimum absolute atomic E-state index is 0.574. The molecule has 0 aliphatic heterocycles. The molecule has 3 heteroatoms. The first kappa shape index (κ1) is 13.7. The summed E-state index contributed by atoms with van der Waals surface area (Å²) in [6.07, 6.45) is 0. The molecular weight excluding hydrogens is 260 g/mol. The molecule has 0 aliphatic carbocycles. The van der Waals surface area contributed by atoms with Gasteiger partial charge in [-0.2, -0.15) is 0 Å². The van der Waals surface area contributed by atoms with Gasteiger partial charge in [0.2, 0.25) is 0 Å². The minimum Gasteiger partial charge on any atom is -0.441 e. The van der Waals surface area contributed by atoms with Crippen molar-refractivity contribution in [2.24, 2.45) is 0 Å². The first-order valence-electron chi connectivity index (χ1n) is 7.32. The molecule has 0 saturated carbocycles. The van der Waals surface area contributed by atoms with E-state index in [0.717, 1.165) is 23.3 Å².